The van der Waals surface area contributed by atoms with E-state index in [9.17, 15) is 0 Å². The van der Waals surface area contributed by atoms with Gasteiger partial charge in [-0.05, 0) is 47.3 Å². The Labute approximate surface area is 115 Å². The summed E-state index contributed by atoms with van der Waals surface area (Å²) in [6.45, 7) is 2.85. The molecule has 1 aromatic heterocycles. The van der Waals surface area contributed by atoms with Crippen molar-refractivity contribution in [1.29, 1.82) is 0 Å². The molecule has 1 heterocycles. The number of rotatable bonds is 4. The number of halogens is 1. The molecule has 1 fully saturated rings. The van der Waals surface area contributed by atoms with Crippen molar-refractivity contribution < 1.29 is 4.42 Å². The Kier molecular flexibility index (Phi) is 3.22. The van der Waals surface area contributed by atoms with Crippen molar-refractivity contribution in [3.05, 3.63) is 40.2 Å². The van der Waals surface area contributed by atoms with Crippen LogP contribution in [0.3, 0.4) is 0 Å². The Hall–Kier alpha value is -1.13. The topological polar surface area (TPSA) is 38.1 Å². The van der Waals surface area contributed by atoms with Gasteiger partial charge in [0.15, 0.2) is 0 Å². The molecule has 0 amide bonds. The van der Waals surface area contributed by atoms with Crippen LogP contribution in [0.25, 0.3) is 11.5 Å². The van der Waals surface area contributed by atoms with E-state index < -0.39 is 0 Å². The summed E-state index contributed by atoms with van der Waals surface area (Å²) in [4.78, 5) is 4.52. The molecule has 18 heavy (non-hydrogen) atoms. The first-order valence-electron chi connectivity index (χ1n) is 6.17. The van der Waals surface area contributed by atoms with Gasteiger partial charge in [-0.1, -0.05) is 12.1 Å². The van der Waals surface area contributed by atoms with Gasteiger partial charge in [-0.2, -0.15) is 0 Å². The summed E-state index contributed by atoms with van der Waals surface area (Å²) in [5.41, 5.74) is 3.15. The first kappa shape index (κ1) is 11.9. The Balaban J connectivity index is 1.80. The van der Waals surface area contributed by atoms with Crippen molar-refractivity contribution in [1.82, 2.24) is 10.3 Å². The summed E-state index contributed by atoms with van der Waals surface area (Å²) >= 11 is 3.58. The molecule has 1 aliphatic rings. The van der Waals surface area contributed by atoms with Crippen LogP contribution in [0.1, 0.15) is 24.1 Å². The lowest BCUT2D eigenvalue weighted by atomic mass is 10.1. The zero-order valence-corrected chi connectivity index (χ0v) is 11.8. The van der Waals surface area contributed by atoms with Crippen molar-refractivity contribution in [2.24, 2.45) is 0 Å². The molecule has 4 heteroatoms. The first-order valence-corrected chi connectivity index (χ1v) is 6.96. The molecule has 0 spiro atoms. The minimum absolute atomic E-state index is 0.679. The molecule has 94 valence electrons. The quantitative estimate of drug-likeness (QED) is 0.936. The summed E-state index contributed by atoms with van der Waals surface area (Å²) in [5, 5.41) is 3.43. The van der Waals surface area contributed by atoms with Crippen LogP contribution in [0.5, 0.6) is 0 Å². The molecule has 0 aliphatic heterocycles. The number of aromatic nitrogens is 1. The minimum Gasteiger partial charge on any atom is -0.444 e. The third-order valence-corrected chi connectivity index (χ3v) is 4.18. The number of hydrogen-bond donors (Lipinski definition) is 1. The van der Waals surface area contributed by atoms with Crippen LogP contribution >= 0.6 is 15.9 Å². The molecular formula is C14H15BrN2O. The number of nitrogens with zero attached hydrogens (tertiary/aromatic N) is 1. The van der Waals surface area contributed by atoms with Crippen LogP contribution in [0.4, 0.5) is 0 Å². The largest absolute Gasteiger partial charge is 0.444 e. The number of nitrogens with one attached hydrogen (secondary N) is 1. The van der Waals surface area contributed by atoms with Crippen molar-refractivity contribution >= 4 is 15.9 Å². The fourth-order valence-corrected chi connectivity index (χ4v) is 2.29. The van der Waals surface area contributed by atoms with E-state index in [1.54, 1.807) is 6.26 Å². The van der Waals surface area contributed by atoms with E-state index >= 15 is 0 Å². The van der Waals surface area contributed by atoms with Crippen LogP contribution in [0.15, 0.2) is 33.4 Å². The highest BCUT2D eigenvalue weighted by atomic mass is 79.9. The molecule has 1 N–H and O–H groups in total. The van der Waals surface area contributed by atoms with E-state index in [1.807, 2.05) is 12.1 Å². The molecule has 1 aromatic carbocycles. The first-order chi connectivity index (χ1) is 8.74. The summed E-state index contributed by atoms with van der Waals surface area (Å²) in [6.07, 6.45) is 4.31. The molecule has 2 aromatic rings. The van der Waals surface area contributed by atoms with Gasteiger partial charge < -0.3 is 9.73 Å². The maximum absolute atomic E-state index is 5.56. The summed E-state index contributed by atoms with van der Waals surface area (Å²) in [7, 11) is 0. The Morgan fingerprint density at radius 1 is 1.44 bits per heavy atom. The average molecular weight is 307 g/mol. The molecule has 3 rings (SSSR count). The van der Waals surface area contributed by atoms with Crippen LogP contribution in [0.2, 0.25) is 0 Å². The number of benzene rings is 1. The molecule has 0 radical (unpaired) electrons. The van der Waals surface area contributed by atoms with Crippen LogP contribution in [0, 0.1) is 6.92 Å². The molecule has 0 bridgehead atoms. The Morgan fingerprint density at radius 2 is 2.28 bits per heavy atom. The molecule has 1 aliphatic carbocycles. The average Bonchev–Trinajstić information content (AvgIpc) is 3.08. The highest BCUT2D eigenvalue weighted by Gasteiger charge is 2.20. The maximum Gasteiger partial charge on any atom is 0.227 e. The number of aryl methyl sites for hydroxylation is 1. The van der Waals surface area contributed by atoms with E-state index in [4.69, 9.17) is 4.42 Å². The SMILES string of the molecule is Cc1cccc(-c2nc(CNC3CC3)co2)c1Br. The van der Waals surface area contributed by atoms with Gasteiger partial charge in [-0.3, -0.25) is 0 Å². The van der Waals surface area contributed by atoms with Gasteiger partial charge in [0, 0.05) is 17.1 Å². The highest BCUT2D eigenvalue weighted by molar-refractivity contribution is 9.10. The predicted octanol–water partition coefficient (Wildman–Crippen LogP) is 3.66. The number of hydrogen-bond acceptors (Lipinski definition) is 3. The zero-order valence-electron chi connectivity index (χ0n) is 10.2. The zero-order chi connectivity index (χ0) is 12.5. The lowest BCUT2D eigenvalue weighted by molar-refractivity contribution is 0.569. The second-order valence-electron chi connectivity index (χ2n) is 4.74. The van der Waals surface area contributed by atoms with Gasteiger partial charge in [0.1, 0.15) is 6.26 Å². The maximum atomic E-state index is 5.56. The third-order valence-electron chi connectivity index (χ3n) is 3.12. The normalized spacial score (nSPS) is 15.0. The van der Waals surface area contributed by atoms with E-state index in [0.717, 1.165) is 22.3 Å². The second kappa shape index (κ2) is 4.86. The van der Waals surface area contributed by atoms with E-state index in [0.29, 0.717) is 11.9 Å². The van der Waals surface area contributed by atoms with Gasteiger partial charge in [-0.25, -0.2) is 4.98 Å². The molecule has 1 saturated carbocycles. The van der Waals surface area contributed by atoms with E-state index in [-0.39, 0.29) is 0 Å². The highest BCUT2D eigenvalue weighted by Crippen LogP contribution is 2.30. The van der Waals surface area contributed by atoms with Crippen LogP contribution in [-0.2, 0) is 6.54 Å². The van der Waals surface area contributed by atoms with E-state index in [2.05, 4.69) is 39.2 Å². The van der Waals surface area contributed by atoms with Gasteiger partial charge in [-0.15, -0.1) is 0 Å². The van der Waals surface area contributed by atoms with Gasteiger partial charge in [0.25, 0.3) is 0 Å². The Bertz CT molecular complexity index is 561. The number of oxazole rings is 1. The molecule has 0 saturated heterocycles. The van der Waals surface area contributed by atoms with Gasteiger partial charge in [0.2, 0.25) is 5.89 Å². The fourth-order valence-electron chi connectivity index (χ4n) is 1.86. The monoisotopic (exact) mass is 306 g/mol. The summed E-state index contributed by atoms with van der Waals surface area (Å²) < 4.78 is 6.61. The standard InChI is InChI=1S/C14H15BrN2O/c1-9-3-2-4-12(13(9)15)14-17-11(8-18-14)7-16-10-5-6-10/h2-4,8,10,16H,5-7H2,1H3. The van der Waals surface area contributed by atoms with Crippen molar-refractivity contribution in [2.45, 2.75) is 32.4 Å². The molecule has 0 unspecified atom stereocenters. The smallest absolute Gasteiger partial charge is 0.227 e. The lowest BCUT2D eigenvalue weighted by Gasteiger charge is -2.02. The van der Waals surface area contributed by atoms with Gasteiger partial charge in [0.05, 0.1) is 11.3 Å². The van der Waals surface area contributed by atoms with Crippen molar-refractivity contribution in [3.8, 4) is 11.5 Å². The third kappa shape index (κ3) is 2.49. The summed E-state index contributed by atoms with van der Waals surface area (Å²) in [5.74, 6) is 0.679. The fraction of sp³-hybridized carbons (Fsp3) is 0.357. The van der Waals surface area contributed by atoms with E-state index in [1.165, 1.54) is 18.4 Å². The van der Waals surface area contributed by atoms with Crippen molar-refractivity contribution in [2.75, 3.05) is 0 Å². The molecule has 0 atom stereocenters. The second-order valence-corrected chi connectivity index (χ2v) is 5.53. The lowest BCUT2D eigenvalue weighted by Crippen LogP contribution is -2.15. The van der Waals surface area contributed by atoms with Crippen LogP contribution in [-0.4, -0.2) is 11.0 Å². The predicted molar refractivity (Wildman–Crippen MR) is 74.2 cm³/mol. The van der Waals surface area contributed by atoms with Crippen LogP contribution < -0.4 is 5.32 Å². The minimum atomic E-state index is 0.679. The van der Waals surface area contributed by atoms with Crippen molar-refractivity contribution in [3.63, 3.8) is 0 Å². The Morgan fingerprint density at radius 3 is 3.06 bits per heavy atom. The molecule has 3 nitrogen and oxygen atoms in total. The summed E-state index contributed by atoms with van der Waals surface area (Å²) in [6, 6.07) is 6.78. The van der Waals surface area contributed by atoms with Gasteiger partial charge >= 0.3 is 0 Å². The molecular weight excluding hydrogens is 292 g/mol.